The van der Waals surface area contributed by atoms with E-state index in [2.05, 4.69) is 14.9 Å². The molecule has 0 unspecified atom stereocenters. The third-order valence-electron chi connectivity index (χ3n) is 4.40. The predicted molar refractivity (Wildman–Crippen MR) is 89.9 cm³/mol. The molecule has 0 spiro atoms. The number of piperidine rings is 1. The van der Waals surface area contributed by atoms with Crippen molar-refractivity contribution >= 4 is 0 Å². The topological polar surface area (TPSA) is 67.7 Å². The van der Waals surface area contributed by atoms with Gasteiger partial charge < -0.3 is 14.6 Å². The first-order valence-corrected chi connectivity index (χ1v) is 8.18. The lowest BCUT2D eigenvalue weighted by Gasteiger charge is -2.42. The second-order valence-electron chi connectivity index (χ2n) is 6.48. The number of aliphatic hydroxyl groups is 1. The van der Waals surface area contributed by atoms with Crippen molar-refractivity contribution in [2.24, 2.45) is 0 Å². The molecule has 0 saturated carbocycles. The third-order valence-corrected chi connectivity index (χ3v) is 4.40. The van der Waals surface area contributed by atoms with Crippen LogP contribution < -0.4 is 9.47 Å². The fourth-order valence-electron chi connectivity index (χ4n) is 2.87. The van der Waals surface area contributed by atoms with Gasteiger partial charge in [0.15, 0.2) is 0 Å². The summed E-state index contributed by atoms with van der Waals surface area (Å²) in [4.78, 5) is 10.4. The number of benzene rings is 1. The second kappa shape index (κ2) is 7.33. The van der Waals surface area contributed by atoms with Crippen molar-refractivity contribution in [3.63, 3.8) is 0 Å². The van der Waals surface area contributed by atoms with E-state index in [1.807, 2.05) is 0 Å². The van der Waals surface area contributed by atoms with E-state index in [9.17, 15) is 9.50 Å². The Labute approximate surface area is 146 Å². The smallest absolute Gasteiger partial charge is 0.316 e. The fraction of sp³-hybridized carbons (Fsp3) is 0.444. The second-order valence-corrected chi connectivity index (χ2v) is 6.48. The van der Waals surface area contributed by atoms with E-state index >= 15 is 0 Å². The average Bonchev–Trinajstić information content (AvgIpc) is 2.59. The fourth-order valence-corrected chi connectivity index (χ4v) is 2.87. The van der Waals surface area contributed by atoms with Crippen LogP contribution in [0.4, 0.5) is 4.39 Å². The zero-order chi connectivity index (χ0) is 17.9. The van der Waals surface area contributed by atoms with Gasteiger partial charge in [0.25, 0.3) is 0 Å². The molecule has 1 aromatic carbocycles. The summed E-state index contributed by atoms with van der Waals surface area (Å²) in [6.45, 7) is 3.64. The number of likely N-dealkylation sites (tertiary alicyclic amines) is 1. The van der Waals surface area contributed by atoms with Gasteiger partial charge in [0.2, 0.25) is 0 Å². The highest BCUT2D eigenvalue weighted by atomic mass is 19.1. The van der Waals surface area contributed by atoms with Gasteiger partial charge in [0.1, 0.15) is 23.3 Å². The Balaban J connectivity index is 1.67. The average molecular weight is 347 g/mol. The summed E-state index contributed by atoms with van der Waals surface area (Å²) in [6.07, 6.45) is 3.55. The van der Waals surface area contributed by atoms with E-state index in [-0.39, 0.29) is 5.82 Å². The van der Waals surface area contributed by atoms with E-state index in [0.717, 1.165) is 12.1 Å². The largest absolute Gasteiger partial charge is 0.486 e. The predicted octanol–water partition coefficient (Wildman–Crippen LogP) is 2.03. The van der Waals surface area contributed by atoms with Crippen LogP contribution in [-0.4, -0.2) is 51.9 Å². The Bertz CT molecular complexity index is 709. The first-order chi connectivity index (χ1) is 12.0. The maximum atomic E-state index is 13.4. The quantitative estimate of drug-likeness (QED) is 0.893. The third kappa shape index (κ3) is 4.43. The van der Waals surface area contributed by atoms with Crippen molar-refractivity contribution in [1.82, 2.24) is 14.9 Å². The minimum Gasteiger partial charge on any atom is -0.486 e. The number of hydrogen-bond donors (Lipinski definition) is 1. The van der Waals surface area contributed by atoms with Crippen molar-refractivity contribution in [3.8, 4) is 11.8 Å². The lowest BCUT2D eigenvalue weighted by atomic mass is 9.90. The van der Waals surface area contributed by atoms with Crippen molar-refractivity contribution in [1.29, 1.82) is 0 Å². The first kappa shape index (κ1) is 17.6. The summed E-state index contributed by atoms with van der Waals surface area (Å²) in [5, 5.41) is 10.6. The summed E-state index contributed by atoms with van der Waals surface area (Å²) in [5.41, 5.74) is -0.0222. The van der Waals surface area contributed by atoms with Crippen LogP contribution in [0.15, 0.2) is 36.7 Å². The maximum Gasteiger partial charge on any atom is 0.316 e. The Kier molecular flexibility index (Phi) is 5.15. The molecule has 1 aromatic heterocycles. The molecule has 0 aliphatic carbocycles. The van der Waals surface area contributed by atoms with Gasteiger partial charge in [-0.3, -0.25) is 4.90 Å². The number of methoxy groups -OCH3 is 1. The van der Waals surface area contributed by atoms with Crippen LogP contribution in [0, 0.1) is 5.82 Å². The molecule has 25 heavy (non-hydrogen) atoms. The summed E-state index contributed by atoms with van der Waals surface area (Å²) >= 11 is 0. The SMILES string of the molecule is COc1ncc(CN2CC[C@@](C)(O)[C@H](Oc3cccc(F)c3)C2)cn1. The summed E-state index contributed by atoms with van der Waals surface area (Å²) in [5.74, 6) is 0.0556. The standard InChI is InChI=1S/C18H22FN3O3/c1-18(23)6-7-22(11-13-9-20-17(24-2)21-10-13)12-16(18)25-15-5-3-4-14(19)8-15/h3-5,8-10,16,23H,6-7,11-12H2,1-2H3/t16-,18-/m1/s1. The molecule has 3 rings (SSSR count). The Hall–Kier alpha value is -2.25. The number of rotatable bonds is 5. The van der Waals surface area contributed by atoms with Crippen molar-refractivity contribution in [2.45, 2.75) is 31.6 Å². The van der Waals surface area contributed by atoms with Crippen LogP contribution in [-0.2, 0) is 6.54 Å². The Morgan fingerprint density at radius 1 is 1.36 bits per heavy atom. The van der Waals surface area contributed by atoms with Gasteiger partial charge in [-0.2, -0.15) is 0 Å². The monoisotopic (exact) mass is 347 g/mol. The summed E-state index contributed by atoms with van der Waals surface area (Å²) < 4.78 is 24.2. The molecule has 7 heteroatoms. The highest BCUT2D eigenvalue weighted by molar-refractivity contribution is 5.23. The number of nitrogens with zero attached hydrogens (tertiary/aromatic N) is 3. The minimum absolute atomic E-state index is 0.331. The van der Waals surface area contributed by atoms with E-state index in [1.54, 1.807) is 31.5 Å². The molecule has 2 atom stereocenters. The minimum atomic E-state index is -0.973. The van der Waals surface area contributed by atoms with Crippen molar-refractivity contribution in [3.05, 3.63) is 48.0 Å². The number of hydrogen-bond acceptors (Lipinski definition) is 6. The molecule has 0 amide bonds. The van der Waals surface area contributed by atoms with Crippen LogP contribution in [0.2, 0.25) is 0 Å². The van der Waals surface area contributed by atoms with Crippen molar-refractivity contribution < 1.29 is 19.0 Å². The summed E-state index contributed by atoms with van der Waals surface area (Å²) in [6, 6.07) is 6.30. The van der Waals surface area contributed by atoms with E-state index in [1.165, 1.54) is 19.2 Å². The van der Waals surface area contributed by atoms with Gasteiger partial charge >= 0.3 is 6.01 Å². The van der Waals surface area contributed by atoms with Gasteiger partial charge in [0.05, 0.1) is 7.11 Å². The normalized spacial score (nSPS) is 24.1. The molecule has 1 aliphatic heterocycles. The van der Waals surface area contributed by atoms with Gasteiger partial charge in [0, 0.05) is 43.7 Å². The van der Waals surface area contributed by atoms with Crippen LogP contribution in [0.5, 0.6) is 11.8 Å². The van der Waals surface area contributed by atoms with Crippen LogP contribution in [0.25, 0.3) is 0 Å². The maximum absolute atomic E-state index is 13.4. The van der Waals surface area contributed by atoms with Crippen LogP contribution in [0.3, 0.4) is 0 Å². The van der Waals surface area contributed by atoms with Crippen LogP contribution >= 0.6 is 0 Å². The molecule has 1 aliphatic rings. The zero-order valence-electron chi connectivity index (χ0n) is 14.4. The Morgan fingerprint density at radius 3 is 2.80 bits per heavy atom. The molecule has 6 nitrogen and oxygen atoms in total. The lowest BCUT2D eigenvalue weighted by Crippen LogP contribution is -2.56. The highest BCUT2D eigenvalue weighted by Gasteiger charge is 2.39. The number of aromatic nitrogens is 2. The van der Waals surface area contributed by atoms with E-state index in [4.69, 9.17) is 9.47 Å². The molecule has 134 valence electrons. The first-order valence-electron chi connectivity index (χ1n) is 8.18. The molecule has 0 radical (unpaired) electrons. The van der Waals surface area contributed by atoms with E-state index < -0.39 is 11.7 Å². The molecular formula is C18H22FN3O3. The van der Waals surface area contributed by atoms with Gasteiger partial charge in [-0.1, -0.05) is 6.07 Å². The molecule has 2 aromatic rings. The molecule has 2 heterocycles. The molecule has 1 fully saturated rings. The zero-order valence-corrected chi connectivity index (χ0v) is 14.4. The lowest BCUT2D eigenvalue weighted by molar-refractivity contribution is -0.0965. The summed E-state index contributed by atoms with van der Waals surface area (Å²) in [7, 11) is 1.52. The van der Waals surface area contributed by atoms with E-state index in [0.29, 0.717) is 31.3 Å². The molecule has 1 N–H and O–H groups in total. The number of ether oxygens (including phenoxy) is 2. The number of halogens is 1. The molecule has 1 saturated heterocycles. The van der Waals surface area contributed by atoms with Gasteiger partial charge in [-0.15, -0.1) is 0 Å². The highest BCUT2D eigenvalue weighted by Crippen LogP contribution is 2.27. The Morgan fingerprint density at radius 2 is 2.12 bits per heavy atom. The van der Waals surface area contributed by atoms with Gasteiger partial charge in [-0.05, 0) is 25.5 Å². The van der Waals surface area contributed by atoms with Crippen LogP contribution in [0.1, 0.15) is 18.9 Å². The van der Waals surface area contributed by atoms with Gasteiger partial charge in [-0.25, -0.2) is 14.4 Å². The van der Waals surface area contributed by atoms with Crippen molar-refractivity contribution in [2.75, 3.05) is 20.2 Å². The molecule has 0 bridgehead atoms. The molecular weight excluding hydrogens is 325 g/mol.